The second-order valence-corrected chi connectivity index (χ2v) is 4.10. The number of nitrogens with one attached hydrogen (secondary N) is 2. The van der Waals surface area contributed by atoms with Crippen molar-refractivity contribution in [1.29, 1.82) is 0 Å². The normalized spacial score (nSPS) is 11.9. The molecular formula is C11H18N4O3. The van der Waals surface area contributed by atoms with Crippen LogP contribution in [0.25, 0.3) is 0 Å². The van der Waals surface area contributed by atoms with E-state index in [4.69, 9.17) is 5.11 Å². The van der Waals surface area contributed by atoms with Crippen molar-refractivity contribution in [2.75, 3.05) is 30.8 Å². The van der Waals surface area contributed by atoms with Gasteiger partial charge in [-0.3, -0.25) is 10.1 Å². The maximum Gasteiger partial charge on any atom is 0.276 e. The van der Waals surface area contributed by atoms with Gasteiger partial charge < -0.3 is 15.7 Å². The van der Waals surface area contributed by atoms with Gasteiger partial charge in [-0.15, -0.1) is 0 Å². The van der Waals surface area contributed by atoms with Crippen molar-refractivity contribution in [3.05, 3.63) is 22.2 Å². The molecule has 1 rings (SSSR count). The standard InChI is InChI=1S/C11H18N4O3/c1-8(3-4-16)7-13-11-6-9(15(17)18)5-10(12-2)14-11/h5-6,8,16H,3-4,7H2,1-2H3,(H2,12,13,14). The highest BCUT2D eigenvalue weighted by molar-refractivity contribution is 5.54. The van der Waals surface area contributed by atoms with E-state index < -0.39 is 4.92 Å². The monoisotopic (exact) mass is 254 g/mol. The lowest BCUT2D eigenvalue weighted by molar-refractivity contribution is -0.384. The van der Waals surface area contributed by atoms with Crippen molar-refractivity contribution < 1.29 is 10.0 Å². The van der Waals surface area contributed by atoms with Crippen molar-refractivity contribution in [2.45, 2.75) is 13.3 Å². The third-order valence-electron chi connectivity index (χ3n) is 2.53. The van der Waals surface area contributed by atoms with Crippen LogP contribution in [0.1, 0.15) is 13.3 Å². The fourth-order valence-electron chi connectivity index (χ4n) is 1.44. The van der Waals surface area contributed by atoms with E-state index in [-0.39, 0.29) is 18.2 Å². The van der Waals surface area contributed by atoms with Gasteiger partial charge in [0.25, 0.3) is 5.69 Å². The first-order chi connectivity index (χ1) is 8.56. The average molecular weight is 254 g/mol. The van der Waals surface area contributed by atoms with Crippen molar-refractivity contribution >= 4 is 17.3 Å². The van der Waals surface area contributed by atoms with E-state index in [1.165, 1.54) is 12.1 Å². The Kier molecular flexibility index (Phi) is 5.31. The second kappa shape index (κ2) is 6.75. The minimum Gasteiger partial charge on any atom is -0.396 e. The minimum absolute atomic E-state index is 0.00772. The van der Waals surface area contributed by atoms with Crippen LogP contribution in [0, 0.1) is 16.0 Å². The largest absolute Gasteiger partial charge is 0.396 e. The fourth-order valence-corrected chi connectivity index (χ4v) is 1.44. The zero-order valence-corrected chi connectivity index (χ0v) is 10.5. The summed E-state index contributed by atoms with van der Waals surface area (Å²) in [6.07, 6.45) is 0.681. The number of hydrogen-bond acceptors (Lipinski definition) is 6. The molecule has 3 N–H and O–H groups in total. The summed E-state index contributed by atoms with van der Waals surface area (Å²) in [7, 11) is 1.66. The van der Waals surface area contributed by atoms with Gasteiger partial charge in [-0.25, -0.2) is 4.98 Å². The summed E-state index contributed by atoms with van der Waals surface area (Å²) in [6.45, 7) is 2.73. The summed E-state index contributed by atoms with van der Waals surface area (Å²) in [4.78, 5) is 14.5. The highest BCUT2D eigenvalue weighted by atomic mass is 16.6. The molecule has 0 aromatic carbocycles. The third-order valence-corrected chi connectivity index (χ3v) is 2.53. The summed E-state index contributed by atoms with van der Waals surface area (Å²) in [5.74, 6) is 1.17. The number of aliphatic hydroxyl groups excluding tert-OH is 1. The summed E-state index contributed by atoms with van der Waals surface area (Å²) >= 11 is 0. The number of aliphatic hydroxyl groups is 1. The van der Waals surface area contributed by atoms with Crippen LogP contribution in [0.5, 0.6) is 0 Å². The van der Waals surface area contributed by atoms with E-state index in [1.807, 2.05) is 6.92 Å². The van der Waals surface area contributed by atoms with Gasteiger partial charge in [0.05, 0.1) is 17.1 Å². The molecule has 7 nitrogen and oxygen atoms in total. The first-order valence-electron chi connectivity index (χ1n) is 5.75. The van der Waals surface area contributed by atoms with Crippen LogP contribution in [0.2, 0.25) is 0 Å². The highest BCUT2D eigenvalue weighted by Gasteiger charge is 2.11. The molecule has 0 saturated heterocycles. The first-order valence-corrected chi connectivity index (χ1v) is 5.75. The molecule has 1 unspecified atom stereocenters. The second-order valence-electron chi connectivity index (χ2n) is 4.10. The number of nitrogens with zero attached hydrogens (tertiary/aromatic N) is 2. The maximum absolute atomic E-state index is 10.8. The van der Waals surface area contributed by atoms with E-state index in [2.05, 4.69) is 15.6 Å². The van der Waals surface area contributed by atoms with E-state index >= 15 is 0 Å². The minimum atomic E-state index is -0.454. The van der Waals surface area contributed by atoms with Crippen LogP contribution < -0.4 is 10.6 Å². The van der Waals surface area contributed by atoms with E-state index in [0.29, 0.717) is 24.6 Å². The van der Waals surface area contributed by atoms with Crippen LogP contribution in [0.3, 0.4) is 0 Å². The number of nitro groups is 1. The number of aromatic nitrogens is 1. The molecular weight excluding hydrogens is 236 g/mol. The van der Waals surface area contributed by atoms with Crippen molar-refractivity contribution in [1.82, 2.24) is 4.98 Å². The van der Waals surface area contributed by atoms with Gasteiger partial charge in [0.1, 0.15) is 11.6 Å². The highest BCUT2D eigenvalue weighted by Crippen LogP contribution is 2.20. The van der Waals surface area contributed by atoms with Crippen molar-refractivity contribution in [2.24, 2.45) is 5.92 Å². The molecule has 1 atom stereocenters. The van der Waals surface area contributed by atoms with Gasteiger partial charge in [-0.05, 0) is 12.3 Å². The van der Waals surface area contributed by atoms with Crippen LogP contribution >= 0.6 is 0 Å². The molecule has 0 fully saturated rings. The van der Waals surface area contributed by atoms with Crippen molar-refractivity contribution in [3.8, 4) is 0 Å². The molecule has 18 heavy (non-hydrogen) atoms. The summed E-state index contributed by atoms with van der Waals surface area (Å²) in [5.41, 5.74) is -0.00772. The maximum atomic E-state index is 10.8. The number of pyridine rings is 1. The Morgan fingerprint density at radius 1 is 1.50 bits per heavy atom. The van der Waals surface area contributed by atoms with Gasteiger partial charge >= 0.3 is 0 Å². The quantitative estimate of drug-likeness (QED) is 0.503. The summed E-state index contributed by atoms with van der Waals surface area (Å²) in [6, 6.07) is 2.77. The van der Waals surface area contributed by atoms with Crippen LogP contribution in [-0.4, -0.2) is 35.2 Å². The number of anilines is 2. The van der Waals surface area contributed by atoms with E-state index in [1.54, 1.807) is 7.05 Å². The Morgan fingerprint density at radius 3 is 2.72 bits per heavy atom. The van der Waals surface area contributed by atoms with Crippen LogP contribution in [-0.2, 0) is 0 Å². The first kappa shape index (κ1) is 14.2. The van der Waals surface area contributed by atoms with Gasteiger partial charge in [0.2, 0.25) is 0 Å². The fraction of sp³-hybridized carbons (Fsp3) is 0.545. The smallest absolute Gasteiger partial charge is 0.276 e. The zero-order valence-electron chi connectivity index (χ0n) is 10.5. The molecule has 1 heterocycles. The van der Waals surface area contributed by atoms with Gasteiger partial charge in [0.15, 0.2) is 0 Å². The molecule has 0 spiro atoms. The van der Waals surface area contributed by atoms with Gasteiger partial charge in [0, 0.05) is 20.2 Å². The van der Waals surface area contributed by atoms with E-state index in [0.717, 1.165) is 0 Å². The van der Waals surface area contributed by atoms with Crippen molar-refractivity contribution in [3.63, 3.8) is 0 Å². The molecule has 0 aliphatic carbocycles. The predicted molar refractivity (Wildman–Crippen MR) is 69.8 cm³/mol. The lowest BCUT2D eigenvalue weighted by atomic mass is 10.1. The molecule has 100 valence electrons. The molecule has 1 aromatic rings. The Bertz CT molecular complexity index is 411. The zero-order chi connectivity index (χ0) is 13.5. The van der Waals surface area contributed by atoms with Crippen LogP contribution in [0.15, 0.2) is 12.1 Å². The number of hydrogen-bond donors (Lipinski definition) is 3. The predicted octanol–water partition coefficient (Wildman–Crippen LogP) is 1.46. The summed E-state index contributed by atoms with van der Waals surface area (Å²) in [5, 5.41) is 25.4. The SMILES string of the molecule is CNc1cc([N+](=O)[O-])cc(NCC(C)CCO)n1. The molecule has 0 bridgehead atoms. The topological polar surface area (TPSA) is 100 Å². The molecule has 0 amide bonds. The van der Waals surface area contributed by atoms with E-state index in [9.17, 15) is 10.1 Å². The summed E-state index contributed by atoms with van der Waals surface area (Å²) < 4.78 is 0. The van der Waals surface area contributed by atoms with Crippen LogP contribution in [0.4, 0.5) is 17.3 Å². The molecule has 0 radical (unpaired) electrons. The molecule has 1 aromatic heterocycles. The third kappa shape index (κ3) is 4.17. The molecule has 0 aliphatic rings. The van der Waals surface area contributed by atoms with Gasteiger partial charge in [-0.1, -0.05) is 6.92 Å². The lowest BCUT2D eigenvalue weighted by Gasteiger charge is -2.12. The molecule has 7 heteroatoms. The molecule has 0 aliphatic heterocycles. The Hall–Kier alpha value is -1.89. The van der Waals surface area contributed by atoms with Gasteiger partial charge in [-0.2, -0.15) is 0 Å². The lowest BCUT2D eigenvalue weighted by Crippen LogP contribution is -2.13. The Balaban J connectivity index is 2.75. The molecule has 0 saturated carbocycles. The Labute approximate surface area is 105 Å². The number of rotatable bonds is 7. The average Bonchev–Trinajstić information content (AvgIpc) is 2.36. The Morgan fingerprint density at radius 2 is 2.17 bits per heavy atom.